The Morgan fingerprint density at radius 3 is 1.83 bits per heavy atom. The molecule has 0 aliphatic heterocycles. The van der Waals surface area contributed by atoms with E-state index in [0.29, 0.717) is 5.92 Å². The average Bonchev–Trinajstić information content (AvgIpc) is 2.61. The van der Waals surface area contributed by atoms with Gasteiger partial charge in [0.1, 0.15) is 5.75 Å². The van der Waals surface area contributed by atoms with Crippen molar-refractivity contribution in [1.82, 2.24) is 0 Å². The van der Waals surface area contributed by atoms with Crippen molar-refractivity contribution >= 4 is 0 Å². The summed E-state index contributed by atoms with van der Waals surface area (Å²) >= 11 is 0. The maximum atomic E-state index is 5.85. The summed E-state index contributed by atoms with van der Waals surface area (Å²) in [5.41, 5.74) is 3.90. The third-order valence-corrected chi connectivity index (χ3v) is 4.53. The number of rotatable bonds is 10. The Morgan fingerprint density at radius 1 is 0.708 bits per heavy atom. The minimum absolute atomic E-state index is 0.580. The van der Waals surface area contributed by atoms with Gasteiger partial charge in [-0.2, -0.15) is 0 Å². The highest BCUT2D eigenvalue weighted by Crippen LogP contribution is 2.24. The van der Waals surface area contributed by atoms with Gasteiger partial charge in [0.25, 0.3) is 0 Å². The lowest BCUT2D eigenvalue weighted by atomic mass is 9.99. The van der Waals surface area contributed by atoms with Crippen molar-refractivity contribution in [2.45, 2.75) is 65.2 Å². The van der Waals surface area contributed by atoms with E-state index < -0.39 is 0 Å². The van der Waals surface area contributed by atoms with E-state index in [4.69, 9.17) is 4.74 Å². The highest BCUT2D eigenvalue weighted by Gasteiger charge is 2.02. The fraction of sp³-hybridized carbons (Fsp3) is 0.478. The standard InChI is InChI=1S/C23H32O/c1-4-5-6-7-8-9-18-24-23-16-14-22(15-17-23)21-12-10-20(11-13-21)19(2)3/h10-17,19H,4-9,18H2,1-3H3. The van der Waals surface area contributed by atoms with Crippen LogP contribution < -0.4 is 4.74 Å². The highest BCUT2D eigenvalue weighted by atomic mass is 16.5. The molecule has 0 fully saturated rings. The van der Waals surface area contributed by atoms with Crippen molar-refractivity contribution in [3.8, 4) is 16.9 Å². The molecule has 0 radical (unpaired) electrons. The van der Waals surface area contributed by atoms with Crippen LogP contribution in [0.15, 0.2) is 48.5 Å². The topological polar surface area (TPSA) is 9.23 Å². The van der Waals surface area contributed by atoms with Crippen molar-refractivity contribution in [3.05, 3.63) is 54.1 Å². The fourth-order valence-corrected chi connectivity index (χ4v) is 2.88. The monoisotopic (exact) mass is 324 g/mol. The van der Waals surface area contributed by atoms with Gasteiger partial charge >= 0.3 is 0 Å². The molecular formula is C23H32O. The molecule has 0 amide bonds. The Bertz CT molecular complexity index is 566. The summed E-state index contributed by atoms with van der Waals surface area (Å²) in [5, 5.41) is 0. The van der Waals surface area contributed by atoms with Crippen LogP contribution in [-0.4, -0.2) is 6.61 Å². The van der Waals surface area contributed by atoms with Crippen LogP contribution in [0.25, 0.3) is 11.1 Å². The molecule has 0 atom stereocenters. The summed E-state index contributed by atoms with van der Waals surface area (Å²) in [6.07, 6.45) is 7.80. The van der Waals surface area contributed by atoms with Crippen LogP contribution in [0.4, 0.5) is 0 Å². The van der Waals surface area contributed by atoms with Crippen LogP contribution in [-0.2, 0) is 0 Å². The Hall–Kier alpha value is -1.76. The van der Waals surface area contributed by atoms with Gasteiger partial charge in [-0.05, 0) is 41.2 Å². The van der Waals surface area contributed by atoms with E-state index in [0.717, 1.165) is 18.8 Å². The summed E-state index contributed by atoms with van der Waals surface area (Å²) in [6, 6.07) is 17.3. The Kier molecular flexibility index (Phi) is 7.88. The van der Waals surface area contributed by atoms with Crippen LogP contribution >= 0.6 is 0 Å². The quantitative estimate of drug-likeness (QED) is 0.419. The molecule has 0 bridgehead atoms. The fourth-order valence-electron chi connectivity index (χ4n) is 2.88. The summed E-state index contributed by atoms with van der Waals surface area (Å²) in [7, 11) is 0. The number of benzene rings is 2. The van der Waals surface area contributed by atoms with Crippen molar-refractivity contribution in [3.63, 3.8) is 0 Å². The van der Waals surface area contributed by atoms with Gasteiger partial charge in [-0.25, -0.2) is 0 Å². The number of ether oxygens (including phenoxy) is 1. The highest BCUT2D eigenvalue weighted by molar-refractivity contribution is 5.64. The van der Waals surface area contributed by atoms with Gasteiger partial charge in [-0.15, -0.1) is 0 Å². The van der Waals surface area contributed by atoms with Crippen molar-refractivity contribution in [2.24, 2.45) is 0 Å². The predicted molar refractivity (Wildman–Crippen MR) is 105 cm³/mol. The van der Waals surface area contributed by atoms with Gasteiger partial charge < -0.3 is 4.74 Å². The van der Waals surface area contributed by atoms with Gasteiger partial charge in [-0.1, -0.05) is 89.3 Å². The first-order valence-corrected chi connectivity index (χ1v) is 9.54. The van der Waals surface area contributed by atoms with E-state index in [1.807, 2.05) is 0 Å². The van der Waals surface area contributed by atoms with Crippen molar-refractivity contribution in [1.29, 1.82) is 0 Å². The number of hydrogen-bond donors (Lipinski definition) is 0. The van der Waals surface area contributed by atoms with Crippen LogP contribution in [0.3, 0.4) is 0 Å². The molecule has 0 spiro atoms. The molecule has 0 heterocycles. The smallest absolute Gasteiger partial charge is 0.119 e. The molecule has 1 nitrogen and oxygen atoms in total. The summed E-state index contributed by atoms with van der Waals surface area (Å²) < 4.78 is 5.85. The first kappa shape index (κ1) is 18.6. The molecule has 24 heavy (non-hydrogen) atoms. The van der Waals surface area contributed by atoms with Gasteiger partial charge in [0.2, 0.25) is 0 Å². The largest absolute Gasteiger partial charge is 0.494 e. The zero-order valence-electron chi connectivity index (χ0n) is 15.6. The second-order valence-corrected chi connectivity index (χ2v) is 6.92. The lowest BCUT2D eigenvalue weighted by molar-refractivity contribution is 0.304. The van der Waals surface area contributed by atoms with E-state index in [1.54, 1.807) is 0 Å². The van der Waals surface area contributed by atoms with Crippen LogP contribution in [0.1, 0.15) is 70.8 Å². The molecule has 0 N–H and O–H groups in total. The first-order valence-electron chi connectivity index (χ1n) is 9.54. The number of unbranched alkanes of at least 4 members (excludes halogenated alkanes) is 5. The molecule has 0 unspecified atom stereocenters. The van der Waals surface area contributed by atoms with E-state index in [2.05, 4.69) is 69.3 Å². The molecule has 0 aliphatic carbocycles. The lowest BCUT2D eigenvalue weighted by Gasteiger charge is -2.09. The molecular weight excluding hydrogens is 292 g/mol. The second-order valence-electron chi connectivity index (χ2n) is 6.92. The summed E-state index contributed by atoms with van der Waals surface area (Å²) in [4.78, 5) is 0. The first-order chi connectivity index (χ1) is 11.7. The third-order valence-electron chi connectivity index (χ3n) is 4.53. The van der Waals surface area contributed by atoms with E-state index in [-0.39, 0.29) is 0 Å². The Morgan fingerprint density at radius 2 is 1.25 bits per heavy atom. The SMILES string of the molecule is CCCCCCCCOc1ccc(-c2ccc(C(C)C)cc2)cc1. The molecule has 2 aromatic carbocycles. The summed E-state index contributed by atoms with van der Waals surface area (Å²) in [5.74, 6) is 1.56. The van der Waals surface area contributed by atoms with E-state index in [9.17, 15) is 0 Å². The molecule has 130 valence electrons. The number of hydrogen-bond acceptors (Lipinski definition) is 1. The molecule has 2 rings (SSSR count). The zero-order chi connectivity index (χ0) is 17.2. The van der Waals surface area contributed by atoms with Crippen molar-refractivity contribution < 1.29 is 4.74 Å². The summed E-state index contributed by atoms with van der Waals surface area (Å²) in [6.45, 7) is 7.54. The lowest BCUT2D eigenvalue weighted by Crippen LogP contribution is -1.97. The third kappa shape index (κ3) is 6.03. The second kappa shape index (κ2) is 10.2. The van der Waals surface area contributed by atoms with Crippen molar-refractivity contribution in [2.75, 3.05) is 6.61 Å². The molecule has 0 aliphatic rings. The molecule has 0 saturated heterocycles. The van der Waals surface area contributed by atoms with Gasteiger partial charge in [-0.3, -0.25) is 0 Å². The molecule has 1 heteroatoms. The average molecular weight is 325 g/mol. The maximum Gasteiger partial charge on any atom is 0.119 e. The van der Waals surface area contributed by atoms with Crippen LogP contribution in [0, 0.1) is 0 Å². The van der Waals surface area contributed by atoms with Gasteiger partial charge in [0, 0.05) is 0 Å². The molecule has 2 aromatic rings. The van der Waals surface area contributed by atoms with Crippen LogP contribution in [0.5, 0.6) is 5.75 Å². The maximum absolute atomic E-state index is 5.85. The minimum Gasteiger partial charge on any atom is -0.494 e. The zero-order valence-corrected chi connectivity index (χ0v) is 15.6. The Balaban J connectivity index is 1.78. The predicted octanol–water partition coefficient (Wildman–Crippen LogP) is 7.22. The van der Waals surface area contributed by atoms with E-state index in [1.165, 1.54) is 48.8 Å². The normalized spacial score (nSPS) is 11.0. The van der Waals surface area contributed by atoms with Gasteiger partial charge in [0.15, 0.2) is 0 Å². The minimum atomic E-state index is 0.580. The Labute approximate surface area is 148 Å². The van der Waals surface area contributed by atoms with Gasteiger partial charge in [0.05, 0.1) is 6.61 Å². The molecule has 0 saturated carbocycles. The molecule has 0 aromatic heterocycles. The van der Waals surface area contributed by atoms with Crippen LogP contribution in [0.2, 0.25) is 0 Å². The van der Waals surface area contributed by atoms with E-state index >= 15 is 0 Å².